The number of sulfone groups is 1. The monoisotopic (exact) mass is 480 g/mol. The van der Waals surface area contributed by atoms with E-state index in [0.717, 1.165) is 36.8 Å². The van der Waals surface area contributed by atoms with Gasteiger partial charge in [0.15, 0.2) is 9.84 Å². The van der Waals surface area contributed by atoms with Gasteiger partial charge in [0, 0.05) is 22.7 Å². The molecule has 2 fully saturated rings. The first-order valence-electron chi connectivity index (χ1n) is 12.3. The molecular formula is C27H32N2O4S. The second-order valence-corrected chi connectivity index (χ2v) is 11.7. The van der Waals surface area contributed by atoms with Crippen LogP contribution in [0.3, 0.4) is 0 Å². The topological polar surface area (TPSA) is 79.6 Å². The van der Waals surface area contributed by atoms with E-state index in [1.54, 1.807) is 24.3 Å². The van der Waals surface area contributed by atoms with Gasteiger partial charge in [0.25, 0.3) is 5.91 Å². The molecule has 2 atom stereocenters. The largest absolute Gasteiger partial charge is 0.464 e. The van der Waals surface area contributed by atoms with Crippen molar-refractivity contribution in [3.8, 4) is 0 Å². The van der Waals surface area contributed by atoms with Gasteiger partial charge >= 0.3 is 0 Å². The zero-order valence-electron chi connectivity index (χ0n) is 19.6. The van der Waals surface area contributed by atoms with Gasteiger partial charge in [-0.15, -0.1) is 0 Å². The van der Waals surface area contributed by atoms with Crippen LogP contribution < -0.4 is 5.32 Å². The van der Waals surface area contributed by atoms with Gasteiger partial charge in [0.05, 0.1) is 22.5 Å². The van der Waals surface area contributed by atoms with Gasteiger partial charge in [-0.2, -0.15) is 0 Å². The third-order valence-corrected chi connectivity index (χ3v) is 9.21. The fraction of sp³-hybridized carbons (Fsp3) is 0.444. The van der Waals surface area contributed by atoms with E-state index >= 15 is 0 Å². The van der Waals surface area contributed by atoms with E-state index in [9.17, 15) is 13.2 Å². The van der Waals surface area contributed by atoms with Crippen molar-refractivity contribution in [3.63, 3.8) is 0 Å². The fourth-order valence-electron chi connectivity index (χ4n) is 5.52. The number of fused-ring (bicyclic) bond motifs is 2. The number of carbonyl (C=O) groups is 1. The lowest BCUT2D eigenvalue weighted by atomic mass is 9.85. The first-order chi connectivity index (χ1) is 16.5. The molecule has 3 aromatic rings. The van der Waals surface area contributed by atoms with Crippen molar-refractivity contribution >= 4 is 32.4 Å². The maximum Gasteiger partial charge on any atom is 0.256 e. The van der Waals surface area contributed by atoms with E-state index in [4.69, 9.17) is 4.42 Å². The van der Waals surface area contributed by atoms with Crippen LogP contribution in [0.15, 0.2) is 58.0 Å². The summed E-state index contributed by atoms with van der Waals surface area (Å²) in [5.74, 6) is 0.0770. The van der Waals surface area contributed by atoms with E-state index in [1.807, 2.05) is 25.3 Å². The Labute approximate surface area is 201 Å². The number of rotatable bonds is 7. The number of nitrogens with zero attached hydrogens (tertiary/aromatic N) is 1. The van der Waals surface area contributed by atoms with Crippen LogP contribution >= 0.6 is 0 Å². The van der Waals surface area contributed by atoms with Crippen molar-refractivity contribution in [2.45, 2.75) is 62.3 Å². The first kappa shape index (κ1) is 23.1. The van der Waals surface area contributed by atoms with Crippen LogP contribution in [-0.4, -0.2) is 44.1 Å². The standard InChI is InChI=1S/C27H32N2O4S/c1-2-3-15-34(31,32)26-9-5-4-8-22(26)27(30)28-20-10-11-25-23(17-20)24(18-33-25)19-12-14-29-13-6-7-21(29)16-19/h4-5,8-11,17-19,21H,2-3,6-7,12-16H2,1H3,(H,28,30). The molecule has 2 aromatic carbocycles. The molecule has 1 aromatic heterocycles. The highest BCUT2D eigenvalue weighted by molar-refractivity contribution is 7.91. The minimum Gasteiger partial charge on any atom is -0.464 e. The normalized spacial score (nSPS) is 21.0. The number of piperidine rings is 1. The summed E-state index contributed by atoms with van der Waals surface area (Å²) in [4.78, 5) is 15.8. The average Bonchev–Trinajstić information content (AvgIpc) is 3.49. The van der Waals surface area contributed by atoms with Gasteiger partial charge in [-0.1, -0.05) is 25.5 Å². The minimum atomic E-state index is -3.52. The van der Waals surface area contributed by atoms with Crippen LogP contribution in [0.5, 0.6) is 0 Å². The molecule has 0 bridgehead atoms. The molecule has 1 N–H and O–H groups in total. The van der Waals surface area contributed by atoms with E-state index in [1.165, 1.54) is 31.0 Å². The molecule has 2 saturated heterocycles. The second-order valence-electron chi connectivity index (χ2n) is 9.58. The maximum absolute atomic E-state index is 13.1. The highest BCUT2D eigenvalue weighted by Gasteiger charge is 2.33. The van der Waals surface area contributed by atoms with Crippen molar-refractivity contribution in [1.29, 1.82) is 0 Å². The summed E-state index contributed by atoms with van der Waals surface area (Å²) in [6.45, 7) is 4.29. The number of nitrogens with one attached hydrogen (secondary N) is 1. The van der Waals surface area contributed by atoms with Gasteiger partial charge in [0.2, 0.25) is 0 Å². The molecule has 34 heavy (non-hydrogen) atoms. The van der Waals surface area contributed by atoms with E-state index in [-0.39, 0.29) is 16.2 Å². The summed E-state index contributed by atoms with van der Waals surface area (Å²) in [5.41, 5.74) is 2.84. The molecule has 7 heteroatoms. The molecule has 0 aliphatic carbocycles. The van der Waals surface area contributed by atoms with Gasteiger partial charge in [-0.25, -0.2) is 8.42 Å². The first-order valence-corrected chi connectivity index (χ1v) is 14.0. The lowest BCUT2D eigenvalue weighted by Crippen LogP contribution is -2.37. The molecule has 2 aliphatic heterocycles. The molecule has 0 saturated carbocycles. The van der Waals surface area contributed by atoms with Crippen molar-refractivity contribution in [2.75, 3.05) is 24.2 Å². The number of carbonyl (C=O) groups excluding carboxylic acids is 1. The summed E-state index contributed by atoms with van der Waals surface area (Å²) in [7, 11) is -3.52. The van der Waals surface area contributed by atoms with Crippen molar-refractivity contribution in [2.24, 2.45) is 0 Å². The average molecular weight is 481 g/mol. The van der Waals surface area contributed by atoms with Crippen LogP contribution in [0.25, 0.3) is 11.0 Å². The van der Waals surface area contributed by atoms with Crippen LogP contribution in [0.1, 0.15) is 67.3 Å². The fourth-order valence-corrected chi connectivity index (χ4v) is 7.19. The van der Waals surface area contributed by atoms with Gasteiger partial charge in [0.1, 0.15) is 5.58 Å². The van der Waals surface area contributed by atoms with Gasteiger partial charge < -0.3 is 14.6 Å². The summed E-state index contributed by atoms with van der Waals surface area (Å²) in [6, 6.07) is 12.8. The molecule has 6 nitrogen and oxygen atoms in total. The zero-order chi connectivity index (χ0) is 23.7. The lowest BCUT2D eigenvalue weighted by molar-refractivity contribution is 0.102. The van der Waals surface area contributed by atoms with E-state index < -0.39 is 15.7 Å². The van der Waals surface area contributed by atoms with E-state index in [0.29, 0.717) is 24.1 Å². The van der Waals surface area contributed by atoms with Gasteiger partial charge in [-0.3, -0.25) is 4.79 Å². The SMILES string of the molecule is CCCCS(=O)(=O)c1ccccc1C(=O)Nc1ccc2occ(C3CCN4CCCC4C3)c2c1. The van der Waals surface area contributed by atoms with Crippen LogP contribution in [0.4, 0.5) is 5.69 Å². The number of unbranched alkanes of at least 4 members (excludes halogenated alkanes) is 1. The third-order valence-electron chi connectivity index (χ3n) is 7.35. The van der Waals surface area contributed by atoms with Crippen molar-refractivity contribution in [1.82, 2.24) is 4.90 Å². The Balaban J connectivity index is 1.39. The Morgan fingerprint density at radius 1 is 1.15 bits per heavy atom. The maximum atomic E-state index is 13.1. The molecule has 1 amide bonds. The Morgan fingerprint density at radius 3 is 2.85 bits per heavy atom. The molecule has 2 aliphatic rings. The smallest absolute Gasteiger partial charge is 0.256 e. The van der Waals surface area contributed by atoms with Crippen LogP contribution in [0.2, 0.25) is 0 Å². The minimum absolute atomic E-state index is 0.0396. The highest BCUT2D eigenvalue weighted by atomic mass is 32.2. The number of anilines is 1. The molecule has 0 spiro atoms. The van der Waals surface area contributed by atoms with Crippen molar-refractivity contribution in [3.05, 3.63) is 59.9 Å². The summed E-state index contributed by atoms with van der Waals surface area (Å²) >= 11 is 0. The predicted molar refractivity (Wildman–Crippen MR) is 134 cm³/mol. The molecule has 5 rings (SSSR count). The second kappa shape index (κ2) is 9.55. The Bertz CT molecular complexity index is 1300. The van der Waals surface area contributed by atoms with Gasteiger partial charge in [-0.05, 0) is 81.4 Å². The summed E-state index contributed by atoms with van der Waals surface area (Å²) in [6.07, 6.45) is 8.04. The number of benzene rings is 2. The molecule has 3 heterocycles. The number of furan rings is 1. The number of amides is 1. The lowest BCUT2D eigenvalue weighted by Gasteiger charge is -2.34. The molecular weight excluding hydrogens is 448 g/mol. The predicted octanol–water partition coefficient (Wildman–Crippen LogP) is 5.60. The zero-order valence-corrected chi connectivity index (χ0v) is 20.4. The van der Waals surface area contributed by atoms with Crippen molar-refractivity contribution < 1.29 is 17.6 Å². The molecule has 180 valence electrons. The summed E-state index contributed by atoms with van der Waals surface area (Å²) in [5, 5.41) is 3.95. The van der Waals surface area contributed by atoms with E-state index in [2.05, 4.69) is 10.2 Å². The Kier molecular flexibility index (Phi) is 6.49. The Hall–Kier alpha value is -2.64. The van der Waals surface area contributed by atoms with Crippen LogP contribution in [-0.2, 0) is 9.84 Å². The Morgan fingerprint density at radius 2 is 2.00 bits per heavy atom. The highest BCUT2D eigenvalue weighted by Crippen LogP contribution is 2.40. The van der Waals surface area contributed by atoms with Crippen LogP contribution in [0, 0.1) is 0 Å². The number of hydrogen-bond acceptors (Lipinski definition) is 5. The third kappa shape index (κ3) is 4.51. The summed E-state index contributed by atoms with van der Waals surface area (Å²) < 4.78 is 31.5. The molecule has 0 radical (unpaired) electrons. The number of hydrogen-bond donors (Lipinski definition) is 1. The quantitative estimate of drug-likeness (QED) is 0.476. The molecule has 2 unspecified atom stereocenters.